The van der Waals surface area contributed by atoms with Crippen molar-refractivity contribution in [1.82, 2.24) is 15.2 Å². The summed E-state index contributed by atoms with van der Waals surface area (Å²) in [6.07, 6.45) is 1.15. The highest BCUT2D eigenvalue weighted by Crippen LogP contribution is 2.06. The van der Waals surface area contributed by atoms with Gasteiger partial charge < -0.3 is 15.0 Å². The van der Waals surface area contributed by atoms with E-state index in [1.807, 2.05) is 18.2 Å². The molecule has 1 heterocycles. The molecule has 0 spiro atoms. The van der Waals surface area contributed by atoms with Crippen LogP contribution in [0, 0.1) is 0 Å². The number of aromatic nitrogens is 1. The lowest BCUT2D eigenvalue weighted by atomic mass is 10.3. The molecule has 4 heteroatoms. The van der Waals surface area contributed by atoms with E-state index in [2.05, 4.69) is 36.1 Å². The summed E-state index contributed by atoms with van der Waals surface area (Å²) >= 11 is 0. The molecule has 0 aliphatic rings. The van der Waals surface area contributed by atoms with Gasteiger partial charge in [-0.2, -0.15) is 0 Å². The quantitative estimate of drug-likeness (QED) is 0.716. The van der Waals surface area contributed by atoms with E-state index in [4.69, 9.17) is 4.74 Å². The van der Waals surface area contributed by atoms with Crippen LogP contribution in [0.2, 0.25) is 0 Å². The third-order valence-corrected chi connectivity index (χ3v) is 3.04. The number of hydrogen-bond acceptors (Lipinski definition) is 4. The average molecular weight is 251 g/mol. The summed E-state index contributed by atoms with van der Waals surface area (Å²) in [7, 11) is 3.80. The Balaban J connectivity index is 2.17. The molecular formula is C14H25N3O. The first-order valence-electron chi connectivity index (χ1n) is 6.54. The SMILES string of the molecule is COc1cccc(CNCCCN(C)C(C)C)n1. The van der Waals surface area contributed by atoms with Crippen LogP contribution in [0.4, 0.5) is 0 Å². The Labute approximate surface area is 110 Å². The van der Waals surface area contributed by atoms with Crippen molar-refractivity contribution < 1.29 is 4.74 Å². The molecule has 0 bridgehead atoms. The number of methoxy groups -OCH3 is 1. The summed E-state index contributed by atoms with van der Waals surface area (Å²) in [6, 6.07) is 6.46. The molecule has 0 aliphatic carbocycles. The van der Waals surface area contributed by atoms with Gasteiger partial charge in [0.1, 0.15) is 0 Å². The van der Waals surface area contributed by atoms with Crippen molar-refractivity contribution in [2.24, 2.45) is 0 Å². The molecule has 0 amide bonds. The van der Waals surface area contributed by atoms with Crippen LogP contribution in [0.15, 0.2) is 18.2 Å². The Bertz CT molecular complexity index is 342. The molecule has 0 aromatic carbocycles. The predicted molar refractivity (Wildman–Crippen MR) is 74.9 cm³/mol. The fraction of sp³-hybridized carbons (Fsp3) is 0.643. The Hall–Kier alpha value is -1.13. The smallest absolute Gasteiger partial charge is 0.213 e. The number of pyridine rings is 1. The van der Waals surface area contributed by atoms with Crippen LogP contribution in [0.5, 0.6) is 5.88 Å². The molecule has 1 aromatic heterocycles. The average Bonchev–Trinajstić information content (AvgIpc) is 2.38. The molecule has 0 aliphatic heterocycles. The molecule has 0 saturated heterocycles. The largest absolute Gasteiger partial charge is 0.481 e. The zero-order chi connectivity index (χ0) is 13.4. The molecule has 0 unspecified atom stereocenters. The van der Waals surface area contributed by atoms with Crippen molar-refractivity contribution >= 4 is 0 Å². The van der Waals surface area contributed by atoms with Gasteiger partial charge >= 0.3 is 0 Å². The molecular weight excluding hydrogens is 226 g/mol. The van der Waals surface area contributed by atoms with Gasteiger partial charge in [0, 0.05) is 18.7 Å². The number of nitrogens with one attached hydrogen (secondary N) is 1. The zero-order valence-corrected chi connectivity index (χ0v) is 11.9. The van der Waals surface area contributed by atoms with E-state index >= 15 is 0 Å². The summed E-state index contributed by atoms with van der Waals surface area (Å²) in [6.45, 7) is 7.36. The summed E-state index contributed by atoms with van der Waals surface area (Å²) < 4.78 is 5.09. The maximum atomic E-state index is 5.09. The Morgan fingerprint density at radius 2 is 2.17 bits per heavy atom. The Morgan fingerprint density at radius 3 is 2.83 bits per heavy atom. The molecule has 1 aromatic rings. The summed E-state index contributed by atoms with van der Waals surface area (Å²) in [5.41, 5.74) is 1.02. The Morgan fingerprint density at radius 1 is 1.39 bits per heavy atom. The minimum atomic E-state index is 0.616. The van der Waals surface area contributed by atoms with Gasteiger partial charge in [0.05, 0.1) is 12.8 Å². The number of ether oxygens (including phenoxy) is 1. The van der Waals surface area contributed by atoms with Crippen LogP contribution in [0.3, 0.4) is 0 Å². The summed E-state index contributed by atoms with van der Waals surface area (Å²) in [5, 5.41) is 3.40. The molecule has 1 N–H and O–H groups in total. The van der Waals surface area contributed by atoms with Gasteiger partial charge in [-0.1, -0.05) is 6.07 Å². The monoisotopic (exact) mass is 251 g/mol. The van der Waals surface area contributed by atoms with Gasteiger partial charge in [-0.15, -0.1) is 0 Å². The predicted octanol–water partition coefficient (Wildman–Crippen LogP) is 1.91. The lowest BCUT2D eigenvalue weighted by Gasteiger charge is -2.20. The molecule has 0 saturated carbocycles. The van der Waals surface area contributed by atoms with Gasteiger partial charge in [-0.25, -0.2) is 4.98 Å². The normalized spacial score (nSPS) is 11.2. The number of hydrogen-bond donors (Lipinski definition) is 1. The van der Waals surface area contributed by atoms with Gasteiger partial charge in [-0.3, -0.25) is 0 Å². The van der Waals surface area contributed by atoms with E-state index in [0.29, 0.717) is 11.9 Å². The summed E-state index contributed by atoms with van der Waals surface area (Å²) in [4.78, 5) is 6.71. The van der Waals surface area contributed by atoms with Crippen molar-refractivity contribution in [2.45, 2.75) is 32.9 Å². The summed E-state index contributed by atoms with van der Waals surface area (Å²) in [5.74, 6) is 0.675. The molecule has 0 fully saturated rings. The van der Waals surface area contributed by atoms with Crippen molar-refractivity contribution in [3.05, 3.63) is 23.9 Å². The van der Waals surface area contributed by atoms with Crippen LogP contribution in [-0.4, -0.2) is 43.2 Å². The first kappa shape index (κ1) is 14.9. The fourth-order valence-corrected chi connectivity index (χ4v) is 1.60. The van der Waals surface area contributed by atoms with E-state index in [1.54, 1.807) is 7.11 Å². The van der Waals surface area contributed by atoms with E-state index < -0.39 is 0 Å². The van der Waals surface area contributed by atoms with Crippen molar-refractivity contribution in [3.63, 3.8) is 0 Å². The molecule has 0 atom stereocenters. The van der Waals surface area contributed by atoms with Crippen LogP contribution < -0.4 is 10.1 Å². The number of rotatable bonds is 8. The van der Waals surface area contributed by atoms with Crippen molar-refractivity contribution in [3.8, 4) is 5.88 Å². The van der Waals surface area contributed by atoms with E-state index in [9.17, 15) is 0 Å². The zero-order valence-electron chi connectivity index (χ0n) is 11.9. The van der Waals surface area contributed by atoms with Crippen molar-refractivity contribution in [1.29, 1.82) is 0 Å². The van der Waals surface area contributed by atoms with Crippen LogP contribution in [-0.2, 0) is 6.54 Å². The molecule has 102 valence electrons. The van der Waals surface area contributed by atoms with Crippen molar-refractivity contribution in [2.75, 3.05) is 27.2 Å². The van der Waals surface area contributed by atoms with Gasteiger partial charge in [0.2, 0.25) is 5.88 Å². The highest BCUT2D eigenvalue weighted by atomic mass is 16.5. The molecule has 0 radical (unpaired) electrons. The molecule has 18 heavy (non-hydrogen) atoms. The van der Waals surface area contributed by atoms with Crippen LogP contribution >= 0.6 is 0 Å². The maximum Gasteiger partial charge on any atom is 0.213 e. The third kappa shape index (κ3) is 5.47. The first-order valence-corrected chi connectivity index (χ1v) is 6.54. The van der Waals surface area contributed by atoms with Gasteiger partial charge in [0.15, 0.2) is 0 Å². The van der Waals surface area contributed by atoms with E-state index in [-0.39, 0.29) is 0 Å². The fourth-order valence-electron chi connectivity index (χ4n) is 1.60. The van der Waals surface area contributed by atoms with E-state index in [0.717, 1.165) is 31.7 Å². The first-order chi connectivity index (χ1) is 8.63. The van der Waals surface area contributed by atoms with Gasteiger partial charge in [0.25, 0.3) is 0 Å². The maximum absolute atomic E-state index is 5.09. The highest BCUT2D eigenvalue weighted by Gasteiger charge is 2.02. The molecule has 1 rings (SSSR count). The van der Waals surface area contributed by atoms with E-state index in [1.165, 1.54) is 0 Å². The number of nitrogens with zero attached hydrogens (tertiary/aromatic N) is 2. The minimum Gasteiger partial charge on any atom is -0.481 e. The minimum absolute atomic E-state index is 0.616. The Kier molecular flexibility index (Phi) is 6.68. The third-order valence-electron chi connectivity index (χ3n) is 3.04. The van der Waals surface area contributed by atoms with Gasteiger partial charge in [-0.05, 0) is 46.5 Å². The van der Waals surface area contributed by atoms with Crippen LogP contribution in [0.25, 0.3) is 0 Å². The topological polar surface area (TPSA) is 37.4 Å². The second kappa shape index (κ2) is 8.06. The lowest BCUT2D eigenvalue weighted by Crippen LogP contribution is -2.29. The standard InChI is InChI=1S/C14H25N3O/c1-12(2)17(3)10-6-9-15-11-13-7-5-8-14(16-13)18-4/h5,7-8,12,15H,6,9-11H2,1-4H3. The lowest BCUT2D eigenvalue weighted by molar-refractivity contribution is 0.269. The van der Waals surface area contributed by atoms with Crippen LogP contribution in [0.1, 0.15) is 26.0 Å². The second-order valence-electron chi connectivity index (χ2n) is 4.78. The second-order valence-corrected chi connectivity index (χ2v) is 4.78. The molecule has 4 nitrogen and oxygen atoms in total. The highest BCUT2D eigenvalue weighted by molar-refractivity contribution is 5.15.